The largest absolute Gasteiger partial charge is 0.351 e. The van der Waals surface area contributed by atoms with Crippen molar-refractivity contribution in [1.29, 1.82) is 0 Å². The van der Waals surface area contributed by atoms with Gasteiger partial charge < -0.3 is 9.47 Å². The van der Waals surface area contributed by atoms with E-state index in [0.29, 0.717) is 0 Å². The number of anilines is 3. The molecule has 0 bridgehead atoms. The normalized spacial score (nSPS) is 11.1. The number of nitrogens with zero attached hydrogens (tertiary/aromatic N) is 4. The molecule has 0 amide bonds. The van der Waals surface area contributed by atoms with Crippen LogP contribution in [0.25, 0.3) is 66.8 Å². The molecular formula is C50H38N4. The van der Waals surface area contributed by atoms with Crippen molar-refractivity contribution in [2.75, 3.05) is 4.90 Å². The Balaban J connectivity index is 1.21. The molecule has 3 aromatic heterocycles. The summed E-state index contributed by atoms with van der Waals surface area (Å²) >= 11 is 0. The van der Waals surface area contributed by atoms with Gasteiger partial charge in [-0.15, -0.1) is 0 Å². The quantitative estimate of drug-likeness (QED) is 0.159. The number of hydrogen-bond donors (Lipinski definition) is 0. The summed E-state index contributed by atoms with van der Waals surface area (Å²) in [7, 11) is 2.09. The van der Waals surface area contributed by atoms with E-state index >= 15 is 0 Å². The maximum absolute atomic E-state index is 5.05. The van der Waals surface area contributed by atoms with Crippen molar-refractivity contribution in [3.05, 3.63) is 200 Å². The highest BCUT2D eigenvalue weighted by atomic mass is 15.1. The average Bonchev–Trinajstić information content (AvgIpc) is 3.61. The number of fused-ring (bicyclic) bond motifs is 1. The second-order valence-electron chi connectivity index (χ2n) is 13.7. The van der Waals surface area contributed by atoms with E-state index in [0.717, 1.165) is 56.3 Å². The molecule has 6 aromatic carbocycles. The van der Waals surface area contributed by atoms with Crippen LogP contribution >= 0.6 is 0 Å². The van der Waals surface area contributed by atoms with Gasteiger partial charge in [0, 0.05) is 64.7 Å². The fourth-order valence-electron chi connectivity index (χ4n) is 7.34. The van der Waals surface area contributed by atoms with Gasteiger partial charge in [0.05, 0.1) is 11.4 Å². The zero-order valence-electron chi connectivity index (χ0n) is 30.3. The summed E-state index contributed by atoms with van der Waals surface area (Å²) in [6, 6.07) is 62.6. The Hall–Kier alpha value is -7.04. The summed E-state index contributed by atoms with van der Waals surface area (Å²) in [6.45, 7) is 2.14. The summed E-state index contributed by atoms with van der Waals surface area (Å²) < 4.78 is 2.16. The van der Waals surface area contributed by atoms with E-state index in [1.54, 1.807) is 0 Å². The summed E-state index contributed by atoms with van der Waals surface area (Å²) in [5.41, 5.74) is 16.4. The van der Waals surface area contributed by atoms with Crippen molar-refractivity contribution in [1.82, 2.24) is 14.5 Å². The molecule has 0 N–H and O–H groups in total. The minimum atomic E-state index is 0.919. The number of benzene rings is 6. The molecule has 0 radical (unpaired) electrons. The summed E-state index contributed by atoms with van der Waals surface area (Å²) in [6.07, 6.45) is 5.96. The Morgan fingerprint density at radius 2 is 1.09 bits per heavy atom. The fourth-order valence-corrected chi connectivity index (χ4v) is 7.34. The third-order valence-corrected chi connectivity index (χ3v) is 10.2. The number of aryl methyl sites for hydroxylation is 2. The molecule has 0 unspecified atom stereocenters. The maximum Gasteiger partial charge on any atom is 0.0709 e. The van der Waals surface area contributed by atoms with E-state index in [4.69, 9.17) is 4.98 Å². The van der Waals surface area contributed by atoms with Crippen LogP contribution in [0.1, 0.15) is 5.56 Å². The van der Waals surface area contributed by atoms with E-state index in [1.165, 1.54) is 33.2 Å². The first-order valence-electron chi connectivity index (χ1n) is 18.3. The van der Waals surface area contributed by atoms with Crippen molar-refractivity contribution in [3.8, 4) is 55.9 Å². The van der Waals surface area contributed by atoms with Crippen molar-refractivity contribution in [2.45, 2.75) is 6.92 Å². The standard InChI is InChI=1S/C50H38N4/c1-35-34-52-49(33-47(35)39-21-19-38(20-22-39)36-12-5-3-6-13-36)43-28-42(37-14-7-4-8-15-37)31-46(32-43)54(45-23-24-50-41(30-45)25-27-53(50)2)44-17-11-16-40(29-44)48-18-9-10-26-51-48/h3-34H,1-2H3. The highest BCUT2D eigenvalue weighted by Gasteiger charge is 2.18. The SMILES string of the molecule is Cc1cnc(-c2cc(-c3ccccc3)cc(N(c3cccc(-c4ccccn4)c3)c3ccc4c(ccn4C)c3)c2)cc1-c1ccc(-c2ccccc2)cc1. The molecule has 0 saturated heterocycles. The number of aromatic nitrogens is 3. The highest BCUT2D eigenvalue weighted by Crippen LogP contribution is 2.42. The topological polar surface area (TPSA) is 34.0 Å². The van der Waals surface area contributed by atoms with Gasteiger partial charge in [-0.3, -0.25) is 9.97 Å². The van der Waals surface area contributed by atoms with Gasteiger partial charge in [0.25, 0.3) is 0 Å². The maximum atomic E-state index is 5.05. The average molecular weight is 695 g/mol. The lowest BCUT2D eigenvalue weighted by Crippen LogP contribution is -2.10. The molecule has 0 saturated carbocycles. The lowest BCUT2D eigenvalue weighted by atomic mass is 9.95. The second-order valence-corrected chi connectivity index (χ2v) is 13.7. The molecule has 0 aliphatic carbocycles. The number of rotatable bonds is 8. The molecule has 0 aliphatic rings. The predicted octanol–water partition coefficient (Wildman–Crippen LogP) is 13.1. The van der Waals surface area contributed by atoms with Crippen LogP contribution in [0.3, 0.4) is 0 Å². The highest BCUT2D eigenvalue weighted by molar-refractivity contribution is 5.91. The lowest BCUT2D eigenvalue weighted by Gasteiger charge is -2.27. The van der Waals surface area contributed by atoms with Gasteiger partial charge in [0.1, 0.15) is 0 Å². The Morgan fingerprint density at radius 3 is 1.85 bits per heavy atom. The summed E-state index contributed by atoms with van der Waals surface area (Å²) in [5, 5.41) is 1.18. The van der Waals surface area contributed by atoms with Crippen LogP contribution in [0.4, 0.5) is 17.1 Å². The van der Waals surface area contributed by atoms with Gasteiger partial charge in [-0.1, -0.05) is 103 Å². The Bertz CT molecular complexity index is 2720. The zero-order valence-corrected chi connectivity index (χ0v) is 30.3. The van der Waals surface area contributed by atoms with Gasteiger partial charge in [0.2, 0.25) is 0 Å². The van der Waals surface area contributed by atoms with Crippen LogP contribution in [-0.2, 0) is 7.05 Å². The molecule has 0 spiro atoms. The summed E-state index contributed by atoms with van der Waals surface area (Å²) in [4.78, 5) is 12.1. The minimum Gasteiger partial charge on any atom is -0.351 e. The van der Waals surface area contributed by atoms with E-state index in [1.807, 2.05) is 24.5 Å². The first-order chi connectivity index (χ1) is 26.6. The van der Waals surface area contributed by atoms with Crippen LogP contribution in [0.2, 0.25) is 0 Å². The Morgan fingerprint density at radius 1 is 0.444 bits per heavy atom. The monoisotopic (exact) mass is 694 g/mol. The fraction of sp³-hybridized carbons (Fsp3) is 0.0400. The van der Waals surface area contributed by atoms with Gasteiger partial charge in [-0.2, -0.15) is 0 Å². The molecule has 0 aliphatic heterocycles. The Labute approximate surface area is 316 Å². The molecule has 54 heavy (non-hydrogen) atoms. The first-order valence-corrected chi connectivity index (χ1v) is 18.3. The molecule has 9 aromatic rings. The van der Waals surface area contributed by atoms with Crippen LogP contribution in [0.15, 0.2) is 195 Å². The summed E-state index contributed by atoms with van der Waals surface area (Å²) in [5.74, 6) is 0. The zero-order chi connectivity index (χ0) is 36.4. The van der Waals surface area contributed by atoms with Crippen LogP contribution in [0, 0.1) is 6.92 Å². The third-order valence-electron chi connectivity index (χ3n) is 10.2. The van der Waals surface area contributed by atoms with E-state index in [2.05, 4.69) is 198 Å². The molecule has 0 atom stereocenters. The lowest BCUT2D eigenvalue weighted by molar-refractivity contribution is 0.969. The molecule has 9 rings (SSSR count). The van der Waals surface area contributed by atoms with Crippen LogP contribution < -0.4 is 4.90 Å². The van der Waals surface area contributed by atoms with Crippen molar-refractivity contribution >= 4 is 28.0 Å². The van der Waals surface area contributed by atoms with E-state index in [-0.39, 0.29) is 0 Å². The molecular weight excluding hydrogens is 657 g/mol. The second kappa shape index (κ2) is 14.2. The van der Waals surface area contributed by atoms with E-state index < -0.39 is 0 Å². The van der Waals surface area contributed by atoms with Crippen molar-refractivity contribution in [2.24, 2.45) is 7.05 Å². The smallest absolute Gasteiger partial charge is 0.0709 e. The Kier molecular flexibility index (Phi) is 8.62. The van der Waals surface area contributed by atoms with Crippen molar-refractivity contribution in [3.63, 3.8) is 0 Å². The molecule has 0 fully saturated rings. The molecule has 258 valence electrons. The third kappa shape index (κ3) is 6.46. The number of hydrogen-bond acceptors (Lipinski definition) is 3. The van der Waals surface area contributed by atoms with Crippen molar-refractivity contribution < 1.29 is 0 Å². The van der Waals surface area contributed by atoms with Gasteiger partial charge in [-0.05, 0) is 119 Å². The molecule has 4 nitrogen and oxygen atoms in total. The molecule has 4 heteroatoms. The first kappa shape index (κ1) is 32.8. The number of pyridine rings is 2. The molecule has 3 heterocycles. The van der Waals surface area contributed by atoms with Gasteiger partial charge >= 0.3 is 0 Å². The van der Waals surface area contributed by atoms with Gasteiger partial charge in [-0.25, -0.2) is 0 Å². The van der Waals surface area contributed by atoms with Crippen LogP contribution in [-0.4, -0.2) is 14.5 Å². The minimum absolute atomic E-state index is 0.919. The van der Waals surface area contributed by atoms with E-state index in [9.17, 15) is 0 Å². The van der Waals surface area contributed by atoms with Crippen LogP contribution in [0.5, 0.6) is 0 Å². The van der Waals surface area contributed by atoms with Gasteiger partial charge in [0.15, 0.2) is 0 Å². The predicted molar refractivity (Wildman–Crippen MR) is 225 cm³/mol.